The molecule has 0 bridgehead atoms. The fraction of sp³-hybridized carbons (Fsp3) is 0.727. The van der Waals surface area contributed by atoms with Crippen molar-refractivity contribution in [3.05, 3.63) is 10.8 Å². The first-order valence-electron chi connectivity index (χ1n) is 6.18. The van der Waals surface area contributed by atoms with Gasteiger partial charge in [-0.3, -0.25) is 0 Å². The van der Waals surface area contributed by atoms with Crippen LogP contribution in [0, 0.1) is 0 Å². The molecule has 0 amide bonds. The minimum Gasteiger partial charge on any atom is -0.316 e. The maximum atomic E-state index is 4.63. The first kappa shape index (κ1) is 11.1. The molecule has 0 aliphatic carbocycles. The second-order valence-corrected chi connectivity index (χ2v) is 5.88. The number of hydrogen-bond donors (Lipinski definition) is 1. The summed E-state index contributed by atoms with van der Waals surface area (Å²) in [5.74, 6) is 1.94. The molecule has 92 valence electrons. The largest absolute Gasteiger partial charge is 0.316 e. The van der Waals surface area contributed by atoms with E-state index in [0.29, 0.717) is 11.8 Å². The van der Waals surface area contributed by atoms with E-state index in [9.17, 15) is 0 Å². The van der Waals surface area contributed by atoms with E-state index in [0.717, 1.165) is 28.9 Å². The molecule has 1 aliphatic heterocycles. The minimum absolute atomic E-state index is 0.457. The molecule has 3 rings (SSSR count). The number of nitrogens with zero attached hydrogens (tertiary/aromatic N) is 4. The van der Waals surface area contributed by atoms with E-state index in [-0.39, 0.29) is 0 Å². The lowest BCUT2D eigenvalue weighted by Gasteiger charge is -2.20. The SMILES string of the molecule is CC(C)c1nn2c(C3CCCNC3)nnc2s1. The standard InChI is InChI=1S/C11H17N5S/c1-7(2)10-15-16-9(13-14-11(16)17-10)8-4-3-5-12-6-8/h7-8,12H,3-6H2,1-2H3. The topological polar surface area (TPSA) is 55.1 Å². The highest BCUT2D eigenvalue weighted by Crippen LogP contribution is 2.26. The third-order valence-corrected chi connectivity index (χ3v) is 4.39. The van der Waals surface area contributed by atoms with Crippen LogP contribution in [0.2, 0.25) is 0 Å². The second kappa shape index (κ2) is 4.34. The van der Waals surface area contributed by atoms with Crippen LogP contribution in [-0.2, 0) is 0 Å². The van der Waals surface area contributed by atoms with Gasteiger partial charge < -0.3 is 5.32 Å². The van der Waals surface area contributed by atoms with Crippen molar-refractivity contribution < 1.29 is 0 Å². The number of nitrogens with one attached hydrogen (secondary N) is 1. The van der Waals surface area contributed by atoms with Gasteiger partial charge in [-0.1, -0.05) is 25.2 Å². The molecule has 0 saturated carbocycles. The molecule has 5 nitrogen and oxygen atoms in total. The number of hydrogen-bond acceptors (Lipinski definition) is 5. The van der Waals surface area contributed by atoms with Crippen molar-refractivity contribution in [1.29, 1.82) is 0 Å². The molecule has 1 aliphatic rings. The molecule has 2 aromatic rings. The number of fused-ring (bicyclic) bond motifs is 1. The predicted molar refractivity (Wildman–Crippen MR) is 67.6 cm³/mol. The van der Waals surface area contributed by atoms with Crippen molar-refractivity contribution in [3.8, 4) is 0 Å². The van der Waals surface area contributed by atoms with Crippen molar-refractivity contribution in [2.75, 3.05) is 13.1 Å². The molecule has 3 heterocycles. The van der Waals surface area contributed by atoms with Gasteiger partial charge in [0, 0.05) is 18.4 Å². The van der Waals surface area contributed by atoms with E-state index >= 15 is 0 Å². The summed E-state index contributed by atoms with van der Waals surface area (Å²) in [6.07, 6.45) is 2.39. The third kappa shape index (κ3) is 1.95. The quantitative estimate of drug-likeness (QED) is 0.884. The Morgan fingerprint density at radius 3 is 3.00 bits per heavy atom. The minimum atomic E-state index is 0.457. The average Bonchev–Trinajstić information content (AvgIpc) is 2.89. The van der Waals surface area contributed by atoms with Crippen molar-refractivity contribution >= 4 is 16.3 Å². The second-order valence-electron chi connectivity index (χ2n) is 4.89. The lowest BCUT2D eigenvalue weighted by Crippen LogP contribution is -2.29. The van der Waals surface area contributed by atoms with Gasteiger partial charge in [-0.25, -0.2) is 0 Å². The summed E-state index contributed by atoms with van der Waals surface area (Å²) in [6, 6.07) is 0. The van der Waals surface area contributed by atoms with Crippen LogP contribution in [0.4, 0.5) is 0 Å². The molecular weight excluding hydrogens is 234 g/mol. The first-order chi connectivity index (χ1) is 8.25. The Bertz CT molecular complexity index is 509. The van der Waals surface area contributed by atoms with E-state index in [1.165, 1.54) is 12.8 Å². The Morgan fingerprint density at radius 1 is 1.41 bits per heavy atom. The molecule has 2 aromatic heterocycles. The monoisotopic (exact) mass is 251 g/mol. The van der Waals surface area contributed by atoms with Gasteiger partial charge in [-0.05, 0) is 19.4 Å². The highest BCUT2D eigenvalue weighted by molar-refractivity contribution is 7.16. The summed E-state index contributed by atoms with van der Waals surface area (Å²) in [5.41, 5.74) is 0. The molecule has 1 N–H and O–H groups in total. The highest BCUT2D eigenvalue weighted by Gasteiger charge is 2.22. The van der Waals surface area contributed by atoms with Gasteiger partial charge in [0.2, 0.25) is 4.96 Å². The van der Waals surface area contributed by atoms with Gasteiger partial charge >= 0.3 is 0 Å². The van der Waals surface area contributed by atoms with E-state index in [2.05, 4.69) is 34.5 Å². The summed E-state index contributed by atoms with van der Waals surface area (Å²) in [5, 5.41) is 17.7. The first-order valence-corrected chi connectivity index (χ1v) is 7.00. The van der Waals surface area contributed by atoms with Crippen molar-refractivity contribution in [3.63, 3.8) is 0 Å². The van der Waals surface area contributed by atoms with E-state index in [4.69, 9.17) is 0 Å². The summed E-state index contributed by atoms with van der Waals surface area (Å²) >= 11 is 1.65. The van der Waals surface area contributed by atoms with Gasteiger partial charge in [-0.2, -0.15) is 9.61 Å². The van der Waals surface area contributed by atoms with Crippen LogP contribution in [0.1, 0.15) is 49.4 Å². The molecule has 1 atom stereocenters. The van der Waals surface area contributed by atoms with Crippen LogP contribution < -0.4 is 5.32 Å². The molecule has 0 spiro atoms. The Balaban J connectivity index is 1.98. The van der Waals surface area contributed by atoms with Gasteiger partial charge in [0.15, 0.2) is 5.82 Å². The number of rotatable bonds is 2. The molecule has 0 radical (unpaired) electrons. The van der Waals surface area contributed by atoms with Crippen LogP contribution in [-0.4, -0.2) is 32.9 Å². The Morgan fingerprint density at radius 2 is 2.29 bits per heavy atom. The van der Waals surface area contributed by atoms with Crippen LogP contribution in [0.3, 0.4) is 0 Å². The van der Waals surface area contributed by atoms with Crippen molar-refractivity contribution in [1.82, 2.24) is 25.1 Å². The molecule has 1 saturated heterocycles. The zero-order valence-corrected chi connectivity index (χ0v) is 11.0. The smallest absolute Gasteiger partial charge is 0.234 e. The molecule has 1 fully saturated rings. The highest BCUT2D eigenvalue weighted by atomic mass is 32.1. The zero-order chi connectivity index (χ0) is 11.8. The number of piperidine rings is 1. The number of aromatic nitrogens is 4. The van der Waals surface area contributed by atoms with Gasteiger partial charge in [0.25, 0.3) is 0 Å². The Labute approximate surface area is 104 Å². The Kier molecular flexibility index (Phi) is 2.84. The fourth-order valence-corrected chi connectivity index (χ4v) is 3.05. The molecule has 1 unspecified atom stereocenters. The van der Waals surface area contributed by atoms with Crippen LogP contribution in [0.15, 0.2) is 0 Å². The van der Waals surface area contributed by atoms with Gasteiger partial charge in [0.1, 0.15) is 5.01 Å². The maximum absolute atomic E-state index is 4.63. The normalized spacial score (nSPS) is 21.5. The lowest BCUT2D eigenvalue weighted by atomic mass is 9.99. The zero-order valence-electron chi connectivity index (χ0n) is 10.2. The van der Waals surface area contributed by atoms with Gasteiger partial charge in [0.05, 0.1) is 0 Å². The van der Waals surface area contributed by atoms with Crippen LogP contribution in [0.5, 0.6) is 0 Å². The lowest BCUT2D eigenvalue weighted by molar-refractivity contribution is 0.440. The molecule has 6 heteroatoms. The van der Waals surface area contributed by atoms with Crippen molar-refractivity contribution in [2.24, 2.45) is 0 Å². The van der Waals surface area contributed by atoms with E-state index in [1.807, 2.05) is 4.52 Å². The molecular formula is C11H17N5S. The predicted octanol–water partition coefficient (Wildman–Crippen LogP) is 1.78. The summed E-state index contributed by atoms with van der Waals surface area (Å²) in [4.78, 5) is 0.925. The maximum Gasteiger partial charge on any atom is 0.234 e. The van der Waals surface area contributed by atoms with Crippen LogP contribution >= 0.6 is 11.3 Å². The third-order valence-electron chi connectivity index (χ3n) is 3.19. The van der Waals surface area contributed by atoms with E-state index < -0.39 is 0 Å². The summed E-state index contributed by atoms with van der Waals surface area (Å²) < 4.78 is 1.94. The van der Waals surface area contributed by atoms with Gasteiger partial charge in [-0.15, -0.1) is 10.2 Å². The van der Waals surface area contributed by atoms with Crippen molar-refractivity contribution in [2.45, 2.75) is 38.5 Å². The average molecular weight is 251 g/mol. The molecule has 0 aromatic carbocycles. The Hall–Kier alpha value is -1.01. The molecule has 17 heavy (non-hydrogen) atoms. The van der Waals surface area contributed by atoms with E-state index in [1.54, 1.807) is 11.3 Å². The summed E-state index contributed by atoms with van der Waals surface area (Å²) in [7, 11) is 0. The fourth-order valence-electron chi connectivity index (χ4n) is 2.21. The van der Waals surface area contributed by atoms with Crippen LogP contribution in [0.25, 0.3) is 4.96 Å². The summed E-state index contributed by atoms with van der Waals surface area (Å²) in [6.45, 7) is 6.43.